The zero-order valence-electron chi connectivity index (χ0n) is 14.5. The molecule has 0 unspecified atom stereocenters. The lowest BCUT2D eigenvalue weighted by Gasteiger charge is -2.12. The molecule has 0 heterocycles. The van der Waals surface area contributed by atoms with Crippen LogP contribution < -0.4 is 19.5 Å². The van der Waals surface area contributed by atoms with E-state index in [2.05, 4.69) is 5.32 Å². The molecule has 5 heteroatoms. The maximum atomic E-state index is 11.9. The van der Waals surface area contributed by atoms with E-state index in [0.717, 1.165) is 5.75 Å². The highest BCUT2D eigenvalue weighted by Crippen LogP contribution is 2.34. The Morgan fingerprint density at radius 3 is 2.28 bits per heavy atom. The Morgan fingerprint density at radius 2 is 1.64 bits per heavy atom. The number of nitrogens with one attached hydrogen (secondary N) is 1. The molecule has 1 amide bonds. The Morgan fingerprint density at radius 1 is 0.920 bits per heavy atom. The van der Waals surface area contributed by atoms with Crippen LogP contribution in [-0.2, 0) is 4.79 Å². The van der Waals surface area contributed by atoms with Crippen LogP contribution in [0, 0.1) is 0 Å². The monoisotopic (exact) mass is 339 g/mol. The number of hydrogen-bond donors (Lipinski definition) is 1. The van der Waals surface area contributed by atoms with Crippen LogP contribution in [0.1, 0.15) is 6.92 Å². The first-order valence-corrected chi connectivity index (χ1v) is 7.76. The predicted molar refractivity (Wildman–Crippen MR) is 98.6 cm³/mol. The van der Waals surface area contributed by atoms with Gasteiger partial charge in [-0.3, -0.25) is 4.79 Å². The van der Waals surface area contributed by atoms with Crippen molar-refractivity contribution in [2.45, 2.75) is 6.92 Å². The molecule has 0 bridgehead atoms. The molecule has 0 radical (unpaired) electrons. The number of benzene rings is 2. The first kappa shape index (κ1) is 18.1. The maximum Gasteiger partial charge on any atom is 0.248 e. The second-order valence-corrected chi connectivity index (χ2v) is 5.02. The van der Waals surface area contributed by atoms with Crippen LogP contribution >= 0.6 is 0 Å². The predicted octanol–water partition coefficient (Wildman–Crippen LogP) is 4.57. The molecular weight excluding hydrogens is 318 g/mol. The number of carbonyl (C=O) groups is 1. The van der Waals surface area contributed by atoms with Gasteiger partial charge >= 0.3 is 0 Å². The van der Waals surface area contributed by atoms with Gasteiger partial charge < -0.3 is 19.5 Å². The lowest BCUT2D eigenvalue weighted by Crippen LogP contribution is -2.07. The second kappa shape index (κ2) is 9.17. The zero-order valence-corrected chi connectivity index (χ0v) is 14.5. The van der Waals surface area contributed by atoms with Gasteiger partial charge in [0, 0.05) is 17.8 Å². The molecule has 130 valence electrons. The Hall–Kier alpha value is -3.21. The molecule has 0 fully saturated rings. The van der Waals surface area contributed by atoms with Crippen LogP contribution in [0.3, 0.4) is 0 Å². The number of carbonyl (C=O) groups excluding carboxylic acids is 1. The summed E-state index contributed by atoms with van der Waals surface area (Å²) in [6, 6.07) is 12.4. The number of rotatable bonds is 7. The van der Waals surface area contributed by atoms with E-state index in [9.17, 15) is 4.79 Å². The average Bonchev–Trinajstić information content (AvgIpc) is 2.63. The van der Waals surface area contributed by atoms with Gasteiger partial charge in [0.2, 0.25) is 5.91 Å². The van der Waals surface area contributed by atoms with Gasteiger partial charge in [0.1, 0.15) is 11.5 Å². The topological polar surface area (TPSA) is 56.8 Å². The summed E-state index contributed by atoms with van der Waals surface area (Å²) in [5, 5.41) is 2.78. The van der Waals surface area contributed by atoms with Crippen molar-refractivity contribution in [3.63, 3.8) is 0 Å². The van der Waals surface area contributed by atoms with Crippen molar-refractivity contribution in [2.24, 2.45) is 0 Å². The summed E-state index contributed by atoms with van der Waals surface area (Å²) in [6.45, 7) is 1.88. The average molecular weight is 339 g/mol. The summed E-state index contributed by atoms with van der Waals surface area (Å²) < 4.78 is 16.3. The van der Waals surface area contributed by atoms with Gasteiger partial charge in [0.15, 0.2) is 11.5 Å². The van der Waals surface area contributed by atoms with Gasteiger partial charge in [-0.05, 0) is 43.3 Å². The fourth-order valence-electron chi connectivity index (χ4n) is 2.04. The minimum absolute atomic E-state index is 0.223. The molecular formula is C20H21NO4. The van der Waals surface area contributed by atoms with Crippen LogP contribution in [0.4, 0.5) is 5.69 Å². The van der Waals surface area contributed by atoms with Gasteiger partial charge in [-0.25, -0.2) is 0 Å². The molecule has 0 atom stereocenters. The molecule has 0 aliphatic carbocycles. The summed E-state index contributed by atoms with van der Waals surface area (Å²) >= 11 is 0. The first-order valence-electron chi connectivity index (χ1n) is 7.76. The van der Waals surface area contributed by atoms with Gasteiger partial charge in [0.25, 0.3) is 0 Å². The van der Waals surface area contributed by atoms with Crippen molar-refractivity contribution in [1.82, 2.24) is 0 Å². The molecule has 2 rings (SSSR count). The highest BCUT2D eigenvalue weighted by molar-refractivity contribution is 5.99. The van der Waals surface area contributed by atoms with Crippen molar-refractivity contribution >= 4 is 11.6 Å². The van der Waals surface area contributed by atoms with E-state index in [4.69, 9.17) is 14.2 Å². The zero-order chi connectivity index (χ0) is 18.1. The third-order valence-electron chi connectivity index (χ3n) is 3.27. The van der Waals surface area contributed by atoms with Crippen LogP contribution in [-0.4, -0.2) is 20.1 Å². The molecule has 0 saturated heterocycles. The summed E-state index contributed by atoms with van der Waals surface area (Å²) in [4.78, 5) is 11.9. The van der Waals surface area contributed by atoms with Gasteiger partial charge in [-0.2, -0.15) is 0 Å². The molecule has 0 aromatic heterocycles. The van der Waals surface area contributed by atoms with Gasteiger partial charge in [0.05, 0.1) is 14.2 Å². The third kappa shape index (κ3) is 5.42. The minimum atomic E-state index is -0.223. The molecule has 0 saturated carbocycles. The fourth-order valence-corrected chi connectivity index (χ4v) is 2.04. The molecule has 0 aliphatic rings. The highest BCUT2D eigenvalue weighted by atomic mass is 16.5. The Labute approximate surface area is 147 Å². The lowest BCUT2D eigenvalue weighted by atomic mass is 10.2. The second-order valence-electron chi connectivity index (χ2n) is 5.02. The molecule has 25 heavy (non-hydrogen) atoms. The third-order valence-corrected chi connectivity index (χ3v) is 3.27. The van der Waals surface area contributed by atoms with E-state index in [1.165, 1.54) is 6.08 Å². The summed E-state index contributed by atoms with van der Waals surface area (Å²) in [5.41, 5.74) is 0.611. The smallest absolute Gasteiger partial charge is 0.248 e. The lowest BCUT2D eigenvalue weighted by molar-refractivity contribution is -0.111. The van der Waals surface area contributed by atoms with Crippen molar-refractivity contribution in [1.29, 1.82) is 0 Å². The number of hydrogen-bond acceptors (Lipinski definition) is 4. The van der Waals surface area contributed by atoms with E-state index < -0.39 is 0 Å². The Kier molecular flexibility index (Phi) is 6.65. The molecule has 2 aromatic carbocycles. The SMILES string of the molecule is C/C=C/C=C/C(=O)Nc1ccc(OC)c(Oc2ccc(OC)cc2)c1. The van der Waals surface area contributed by atoms with E-state index in [-0.39, 0.29) is 5.91 Å². The van der Waals surface area contributed by atoms with Crippen molar-refractivity contribution in [3.8, 4) is 23.0 Å². The Balaban J connectivity index is 2.16. The number of allylic oxidation sites excluding steroid dienone is 3. The van der Waals surface area contributed by atoms with E-state index in [1.54, 1.807) is 68.8 Å². The van der Waals surface area contributed by atoms with Crippen molar-refractivity contribution in [2.75, 3.05) is 19.5 Å². The summed E-state index contributed by atoms with van der Waals surface area (Å²) in [6.07, 6.45) is 6.76. The highest BCUT2D eigenvalue weighted by Gasteiger charge is 2.08. The van der Waals surface area contributed by atoms with Crippen LogP contribution in [0.5, 0.6) is 23.0 Å². The minimum Gasteiger partial charge on any atom is -0.497 e. The molecule has 0 spiro atoms. The normalized spacial score (nSPS) is 10.8. The molecule has 1 N–H and O–H groups in total. The van der Waals surface area contributed by atoms with Crippen LogP contribution in [0.2, 0.25) is 0 Å². The maximum absolute atomic E-state index is 11.9. The summed E-state index contributed by atoms with van der Waals surface area (Å²) in [7, 11) is 3.17. The van der Waals surface area contributed by atoms with Gasteiger partial charge in [-0.1, -0.05) is 18.2 Å². The van der Waals surface area contributed by atoms with Crippen LogP contribution in [0.15, 0.2) is 66.8 Å². The first-order chi connectivity index (χ1) is 12.2. The van der Waals surface area contributed by atoms with Crippen molar-refractivity contribution in [3.05, 3.63) is 66.8 Å². The van der Waals surface area contributed by atoms with E-state index >= 15 is 0 Å². The molecule has 0 aliphatic heterocycles. The summed E-state index contributed by atoms with van der Waals surface area (Å²) in [5.74, 6) is 2.23. The van der Waals surface area contributed by atoms with Crippen LogP contribution in [0.25, 0.3) is 0 Å². The molecule has 5 nitrogen and oxygen atoms in total. The Bertz CT molecular complexity index is 764. The van der Waals surface area contributed by atoms with Crippen molar-refractivity contribution < 1.29 is 19.0 Å². The number of amides is 1. The number of ether oxygens (including phenoxy) is 3. The van der Waals surface area contributed by atoms with E-state index in [0.29, 0.717) is 22.9 Å². The largest absolute Gasteiger partial charge is 0.497 e. The standard InChI is InChI=1S/C20H21NO4/c1-4-5-6-7-20(22)21-15-8-13-18(24-3)19(14-15)25-17-11-9-16(23-2)10-12-17/h4-14H,1-3H3,(H,21,22)/b5-4+,7-6+. The van der Waals surface area contributed by atoms with Gasteiger partial charge in [-0.15, -0.1) is 0 Å². The molecule has 2 aromatic rings. The van der Waals surface area contributed by atoms with E-state index in [1.807, 2.05) is 13.0 Å². The fraction of sp³-hybridized carbons (Fsp3) is 0.150. The number of methoxy groups -OCH3 is 2. The quantitative estimate of drug-likeness (QED) is 0.593. The number of anilines is 1.